The molecule has 0 bridgehead atoms. The van der Waals surface area contributed by atoms with Gasteiger partial charge in [0.25, 0.3) is 0 Å². The predicted molar refractivity (Wildman–Crippen MR) is 51.1 cm³/mol. The summed E-state index contributed by atoms with van der Waals surface area (Å²) in [6.45, 7) is 0.325. The van der Waals surface area contributed by atoms with Crippen LogP contribution in [-0.4, -0.2) is 18.6 Å². The highest BCUT2D eigenvalue weighted by Gasteiger charge is 1.99. The molecule has 4 nitrogen and oxygen atoms in total. The van der Waals surface area contributed by atoms with Gasteiger partial charge in [-0.25, -0.2) is 4.98 Å². The molecule has 0 aliphatic rings. The smallest absolute Gasteiger partial charge is 0.236 e. The van der Waals surface area contributed by atoms with Crippen molar-refractivity contribution < 1.29 is 4.74 Å². The first-order chi connectivity index (χ1) is 6.27. The molecule has 13 heavy (non-hydrogen) atoms. The third-order valence-corrected chi connectivity index (χ3v) is 1.41. The summed E-state index contributed by atoms with van der Waals surface area (Å²) in [7, 11) is 1.52. The summed E-state index contributed by atoms with van der Waals surface area (Å²) in [5.41, 5.74) is 12.1. The molecule has 1 aromatic heterocycles. The zero-order valence-corrected chi connectivity index (χ0v) is 7.37. The van der Waals surface area contributed by atoms with Crippen LogP contribution in [0.5, 0.6) is 5.88 Å². The number of aromatic nitrogens is 1. The van der Waals surface area contributed by atoms with Gasteiger partial charge in [-0.3, -0.25) is 0 Å². The lowest BCUT2D eigenvalue weighted by molar-refractivity contribution is 0.400. The Bertz CT molecular complexity index is 352. The lowest BCUT2D eigenvalue weighted by Crippen LogP contribution is -1.96. The molecule has 0 aliphatic heterocycles. The van der Waals surface area contributed by atoms with E-state index in [4.69, 9.17) is 16.2 Å². The van der Waals surface area contributed by atoms with Crippen molar-refractivity contribution >= 4 is 5.69 Å². The quantitative estimate of drug-likeness (QED) is 0.591. The van der Waals surface area contributed by atoms with Crippen molar-refractivity contribution in [3.05, 3.63) is 17.8 Å². The number of nitrogens with zero attached hydrogens (tertiary/aromatic N) is 1. The number of hydrogen-bond acceptors (Lipinski definition) is 4. The van der Waals surface area contributed by atoms with Gasteiger partial charge in [0.15, 0.2) is 0 Å². The van der Waals surface area contributed by atoms with E-state index in [-0.39, 0.29) is 0 Å². The third kappa shape index (κ3) is 2.36. The van der Waals surface area contributed by atoms with Crippen molar-refractivity contribution in [1.82, 2.24) is 4.98 Å². The Hall–Kier alpha value is -1.73. The van der Waals surface area contributed by atoms with Gasteiger partial charge in [0.1, 0.15) is 0 Å². The summed E-state index contributed by atoms with van der Waals surface area (Å²) < 4.78 is 4.90. The van der Waals surface area contributed by atoms with Crippen LogP contribution in [0.2, 0.25) is 0 Å². The van der Waals surface area contributed by atoms with E-state index in [9.17, 15) is 0 Å². The zero-order chi connectivity index (χ0) is 9.68. The number of nitrogen functional groups attached to an aromatic ring is 1. The topological polar surface area (TPSA) is 74.2 Å². The molecule has 4 heteroatoms. The van der Waals surface area contributed by atoms with Gasteiger partial charge in [0.05, 0.1) is 19.3 Å². The van der Waals surface area contributed by atoms with Gasteiger partial charge in [0.2, 0.25) is 5.88 Å². The lowest BCUT2D eigenvalue weighted by Gasteiger charge is -2.01. The molecule has 0 unspecified atom stereocenters. The van der Waals surface area contributed by atoms with E-state index < -0.39 is 0 Å². The average molecular weight is 177 g/mol. The maximum Gasteiger partial charge on any atom is 0.236 e. The molecule has 1 heterocycles. The maximum atomic E-state index is 5.62. The minimum Gasteiger partial charge on any atom is -0.480 e. The first-order valence-electron chi connectivity index (χ1n) is 3.76. The molecule has 1 aromatic rings. The van der Waals surface area contributed by atoms with Crippen LogP contribution in [0.1, 0.15) is 5.56 Å². The second-order valence-corrected chi connectivity index (χ2v) is 2.33. The van der Waals surface area contributed by atoms with E-state index in [0.29, 0.717) is 18.1 Å². The Labute approximate surface area is 76.9 Å². The molecule has 0 atom stereocenters. The average Bonchev–Trinajstić information content (AvgIpc) is 2.15. The minimum atomic E-state index is 0.325. The molecule has 68 valence electrons. The number of methoxy groups -OCH3 is 1. The van der Waals surface area contributed by atoms with Gasteiger partial charge < -0.3 is 16.2 Å². The lowest BCUT2D eigenvalue weighted by atomic mass is 10.2. The van der Waals surface area contributed by atoms with Crippen molar-refractivity contribution in [3.8, 4) is 17.7 Å². The highest BCUT2D eigenvalue weighted by atomic mass is 16.5. The van der Waals surface area contributed by atoms with Crippen molar-refractivity contribution in [3.63, 3.8) is 0 Å². The van der Waals surface area contributed by atoms with Crippen LogP contribution in [0.25, 0.3) is 0 Å². The Balaban J connectivity index is 2.96. The van der Waals surface area contributed by atoms with Crippen LogP contribution in [0.4, 0.5) is 5.69 Å². The molecule has 0 radical (unpaired) electrons. The monoisotopic (exact) mass is 177 g/mol. The van der Waals surface area contributed by atoms with Crippen LogP contribution < -0.4 is 16.2 Å². The van der Waals surface area contributed by atoms with E-state index in [1.165, 1.54) is 7.11 Å². The van der Waals surface area contributed by atoms with Crippen molar-refractivity contribution in [2.75, 3.05) is 19.4 Å². The number of pyridine rings is 1. The molecule has 0 saturated carbocycles. The third-order valence-electron chi connectivity index (χ3n) is 1.41. The first kappa shape index (κ1) is 9.36. The summed E-state index contributed by atoms with van der Waals surface area (Å²) >= 11 is 0. The molecular formula is C9H11N3O. The van der Waals surface area contributed by atoms with Gasteiger partial charge in [-0.05, 0) is 6.07 Å². The molecule has 1 rings (SSSR count). The van der Waals surface area contributed by atoms with E-state index in [1.807, 2.05) is 0 Å². The van der Waals surface area contributed by atoms with Crippen LogP contribution in [0.3, 0.4) is 0 Å². The fourth-order valence-corrected chi connectivity index (χ4v) is 0.861. The second-order valence-electron chi connectivity index (χ2n) is 2.33. The Morgan fingerprint density at radius 2 is 2.38 bits per heavy atom. The summed E-state index contributed by atoms with van der Waals surface area (Å²) in [5.74, 6) is 5.95. The molecule has 4 N–H and O–H groups in total. The number of rotatable bonds is 1. The highest BCUT2D eigenvalue weighted by Crippen LogP contribution is 2.17. The Kier molecular flexibility index (Phi) is 3.12. The molecule has 0 amide bonds. The van der Waals surface area contributed by atoms with Crippen LogP contribution in [0.15, 0.2) is 12.3 Å². The van der Waals surface area contributed by atoms with Gasteiger partial charge >= 0.3 is 0 Å². The van der Waals surface area contributed by atoms with Gasteiger partial charge in [0, 0.05) is 11.8 Å². The Morgan fingerprint density at radius 1 is 1.62 bits per heavy atom. The summed E-state index contributed by atoms with van der Waals surface area (Å²) in [5, 5.41) is 0. The fourth-order valence-electron chi connectivity index (χ4n) is 0.861. The fraction of sp³-hybridized carbons (Fsp3) is 0.222. The van der Waals surface area contributed by atoms with Crippen LogP contribution in [-0.2, 0) is 0 Å². The second kappa shape index (κ2) is 4.33. The van der Waals surface area contributed by atoms with Crippen molar-refractivity contribution in [1.29, 1.82) is 0 Å². The number of anilines is 1. The number of nitrogens with two attached hydrogens (primary N) is 2. The predicted octanol–water partition coefficient (Wildman–Crippen LogP) is -0.0174. The van der Waals surface area contributed by atoms with Crippen LogP contribution in [0, 0.1) is 11.8 Å². The summed E-state index contributed by atoms with van der Waals surface area (Å²) in [6.07, 6.45) is 1.60. The normalized spacial score (nSPS) is 8.77. The standard InChI is InChI=1S/C9H11N3O/c1-13-9-8(11)5-7(6-12-9)3-2-4-10/h5-6H,4,10-11H2,1H3. The molecule has 0 spiro atoms. The SMILES string of the molecule is COc1ncc(C#CCN)cc1N. The first-order valence-corrected chi connectivity index (χ1v) is 3.76. The van der Waals surface area contributed by atoms with E-state index >= 15 is 0 Å². The molecule has 0 aromatic carbocycles. The number of hydrogen-bond donors (Lipinski definition) is 2. The van der Waals surface area contributed by atoms with Crippen LogP contribution >= 0.6 is 0 Å². The van der Waals surface area contributed by atoms with E-state index in [1.54, 1.807) is 12.3 Å². The highest BCUT2D eigenvalue weighted by molar-refractivity contribution is 5.52. The van der Waals surface area contributed by atoms with Crippen molar-refractivity contribution in [2.24, 2.45) is 5.73 Å². The van der Waals surface area contributed by atoms with Crippen molar-refractivity contribution in [2.45, 2.75) is 0 Å². The zero-order valence-electron chi connectivity index (χ0n) is 7.37. The van der Waals surface area contributed by atoms with Gasteiger partial charge in [-0.1, -0.05) is 11.8 Å². The Morgan fingerprint density at radius 3 is 2.92 bits per heavy atom. The molecular weight excluding hydrogens is 166 g/mol. The largest absolute Gasteiger partial charge is 0.480 e. The minimum absolute atomic E-state index is 0.325. The molecule has 0 fully saturated rings. The molecule has 0 aliphatic carbocycles. The summed E-state index contributed by atoms with van der Waals surface area (Å²) in [6, 6.07) is 1.70. The maximum absolute atomic E-state index is 5.62. The van der Waals surface area contributed by atoms with Gasteiger partial charge in [-0.15, -0.1) is 0 Å². The van der Waals surface area contributed by atoms with E-state index in [2.05, 4.69) is 16.8 Å². The van der Waals surface area contributed by atoms with E-state index in [0.717, 1.165) is 5.56 Å². The number of ether oxygens (including phenoxy) is 1. The summed E-state index contributed by atoms with van der Waals surface area (Å²) in [4.78, 5) is 3.96. The molecule has 0 saturated heterocycles. The van der Waals surface area contributed by atoms with Gasteiger partial charge in [-0.2, -0.15) is 0 Å².